The Hall–Kier alpha value is -2.88. The van der Waals surface area contributed by atoms with Crippen molar-refractivity contribution in [3.63, 3.8) is 0 Å². The summed E-state index contributed by atoms with van der Waals surface area (Å²) < 4.78 is 5.72. The van der Waals surface area contributed by atoms with Gasteiger partial charge in [-0.15, -0.1) is 0 Å². The molecule has 4 nitrogen and oxygen atoms in total. The molecule has 0 saturated carbocycles. The third kappa shape index (κ3) is 3.23. The van der Waals surface area contributed by atoms with E-state index in [1.807, 2.05) is 54.6 Å². The van der Waals surface area contributed by atoms with Crippen molar-refractivity contribution in [3.8, 4) is 5.75 Å². The number of carbonyl (C=O) groups is 1. The van der Waals surface area contributed by atoms with Crippen LogP contribution in [0.3, 0.4) is 0 Å². The summed E-state index contributed by atoms with van der Waals surface area (Å²) in [5.74, 6) is 0.368. The third-order valence-electron chi connectivity index (χ3n) is 3.31. The van der Waals surface area contributed by atoms with Gasteiger partial charge in [-0.1, -0.05) is 47.6 Å². The van der Waals surface area contributed by atoms with Crippen molar-refractivity contribution < 1.29 is 14.4 Å². The zero-order valence-corrected chi connectivity index (χ0v) is 12.2. The molecule has 1 heterocycles. The summed E-state index contributed by atoms with van der Waals surface area (Å²) in [5.41, 5.74) is 3.09. The van der Waals surface area contributed by atoms with Crippen LogP contribution >= 0.6 is 0 Å². The highest BCUT2D eigenvalue weighted by Crippen LogP contribution is 2.19. The molecule has 0 fully saturated rings. The van der Waals surface area contributed by atoms with Crippen LogP contribution in [0.2, 0.25) is 0 Å². The van der Waals surface area contributed by atoms with Gasteiger partial charge in [0.25, 0.3) is 0 Å². The summed E-state index contributed by atoms with van der Waals surface area (Å²) >= 11 is 0. The Kier molecular flexibility index (Phi) is 4.01. The number of rotatable bonds is 4. The molecule has 0 aliphatic carbocycles. The Balaban J connectivity index is 1.67. The molecule has 0 saturated heterocycles. The van der Waals surface area contributed by atoms with Crippen LogP contribution in [0, 0.1) is 0 Å². The van der Waals surface area contributed by atoms with Crippen molar-refractivity contribution in [2.45, 2.75) is 13.5 Å². The minimum Gasteiger partial charge on any atom is -0.489 e. The Bertz CT molecular complexity index is 731. The normalized spacial score (nSPS) is 15.6. The van der Waals surface area contributed by atoms with Crippen LogP contribution in [0.15, 0.2) is 65.3 Å². The lowest BCUT2D eigenvalue weighted by atomic mass is 10.1. The molecule has 3 rings (SSSR count). The zero-order chi connectivity index (χ0) is 15.4. The highest BCUT2D eigenvalue weighted by molar-refractivity contribution is 6.24. The fraction of sp³-hybridized carbons (Fsp3) is 0.111. The first kappa shape index (κ1) is 14.1. The van der Waals surface area contributed by atoms with E-state index in [9.17, 15) is 4.79 Å². The van der Waals surface area contributed by atoms with Crippen molar-refractivity contribution >= 4 is 17.8 Å². The van der Waals surface area contributed by atoms with Gasteiger partial charge in [-0.2, -0.15) is 0 Å². The van der Waals surface area contributed by atoms with E-state index >= 15 is 0 Å². The first-order chi connectivity index (χ1) is 10.7. The Morgan fingerprint density at radius 2 is 1.82 bits per heavy atom. The molecule has 0 bridgehead atoms. The number of hydrogen-bond acceptors (Lipinski definition) is 4. The molecular formula is C18H15NO3. The predicted octanol–water partition coefficient (Wildman–Crippen LogP) is 3.58. The van der Waals surface area contributed by atoms with Gasteiger partial charge in [0.2, 0.25) is 0 Å². The first-order valence-electron chi connectivity index (χ1n) is 6.97. The maximum Gasteiger partial charge on any atom is 0.367 e. The summed E-state index contributed by atoms with van der Waals surface area (Å²) in [4.78, 5) is 16.1. The van der Waals surface area contributed by atoms with E-state index in [-0.39, 0.29) is 0 Å². The highest BCUT2D eigenvalue weighted by atomic mass is 16.7. The van der Waals surface area contributed by atoms with Gasteiger partial charge in [0.15, 0.2) is 0 Å². The molecule has 0 atom stereocenters. The summed E-state index contributed by atoms with van der Waals surface area (Å²) in [6, 6.07) is 17.5. The first-order valence-corrected chi connectivity index (χ1v) is 6.97. The molecule has 0 aromatic heterocycles. The van der Waals surface area contributed by atoms with E-state index in [1.54, 1.807) is 13.0 Å². The standard InChI is InChI=1S/C18H15NO3/c1-13-17(18(20)22-19-13)11-14-7-9-16(10-8-14)21-12-15-5-3-2-4-6-15/h2-11H,12H2,1H3/b17-11-. The average Bonchev–Trinajstić information content (AvgIpc) is 2.87. The van der Waals surface area contributed by atoms with Gasteiger partial charge < -0.3 is 9.57 Å². The zero-order valence-electron chi connectivity index (χ0n) is 12.2. The maximum absolute atomic E-state index is 11.5. The van der Waals surface area contributed by atoms with Gasteiger partial charge in [-0.25, -0.2) is 4.79 Å². The van der Waals surface area contributed by atoms with Gasteiger partial charge in [0.05, 0.1) is 11.3 Å². The Morgan fingerprint density at radius 1 is 1.09 bits per heavy atom. The van der Waals surface area contributed by atoms with Gasteiger partial charge in [0, 0.05) is 0 Å². The molecule has 2 aromatic rings. The van der Waals surface area contributed by atoms with Gasteiger partial charge in [-0.3, -0.25) is 0 Å². The maximum atomic E-state index is 11.5. The van der Waals surface area contributed by atoms with E-state index in [1.165, 1.54) is 0 Å². The van der Waals surface area contributed by atoms with Gasteiger partial charge in [0.1, 0.15) is 12.4 Å². The van der Waals surface area contributed by atoms with Crippen molar-refractivity contribution in [1.29, 1.82) is 0 Å². The number of benzene rings is 2. The molecule has 0 amide bonds. The minimum atomic E-state index is -0.415. The van der Waals surface area contributed by atoms with Crippen LogP contribution in [0.25, 0.3) is 6.08 Å². The molecule has 110 valence electrons. The van der Waals surface area contributed by atoms with Gasteiger partial charge >= 0.3 is 5.97 Å². The van der Waals surface area contributed by atoms with Crippen LogP contribution in [0.1, 0.15) is 18.1 Å². The Morgan fingerprint density at radius 3 is 2.45 bits per heavy atom. The summed E-state index contributed by atoms with van der Waals surface area (Å²) in [6.07, 6.45) is 1.76. The molecule has 0 N–H and O–H groups in total. The van der Waals surface area contributed by atoms with Crippen LogP contribution in [0.4, 0.5) is 0 Å². The SMILES string of the molecule is CC1=NOC(=O)/C1=C\c1ccc(OCc2ccccc2)cc1. The highest BCUT2D eigenvalue weighted by Gasteiger charge is 2.21. The van der Waals surface area contributed by atoms with E-state index in [2.05, 4.69) is 9.99 Å². The lowest BCUT2D eigenvalue weighted by molar-refractivity contribution is -0.136. The van der Waals surface area contributed by atoms with Crippen molar-refractivity contribution in [2.75, 3.05) is 0 Å². The Labute approximate surface area is 128 Å². The minimum absolute atomic E-state index is 0.415. The second-order valence-corrected chi connectivity index (χ2v) is 4.96. The summed E-state index contributed by atoms with van der Waals surface area (Å²) in [6.45, 7) is 2.27. The van der Waals surface area contributed by atoms with Crippen molar-refractivity contribution in [2.24, 2.45) is 5.16 Å². The molecular weight excluding hydrogens is 278 g/mol. The number of ether oxygens (including phenoxy) is 1. The van der Waals surface area contributed by atoms with E-state index < -0.39 is 5.97 Å². The molecule has 0 unspecified atom stereocenters. The summed E-state index contributed by atoms with van der Waals surface area (Å²) in [7, 11) is 0. The van der Waals surface area contributed by atoms with Crippen molar-refractivity contribution in [1.82, 2.24) is 0 Å². The van der Waals surface area contributed by atoms with Crippen LogP contribution in [0.5, 0.6) is 5.75 Å². The number of hydrogen-bond donors (Lipinski definition) is 0. The fourth-order valence-electron chi connectivity index (χ4n) is 2.09. The largest absolute Gasteiger partial charge is 0.489 e. The van der Waals surface area contributed by atoms with Crippen molar-refractivity contribution in [3.05, 3.63) is 71.3 Å². The van der Waals surface area contributed by atoms with E-state index in [0.717, 1.165) is 16.9 Å². The van der Waals surface area contributed by atoms with E-state index in [0.29, 0.717) is 17.9 Å². The fourth-order valence-corrected chi connectivity index (χ4v) is 2.09. The molecule has 1 aliphatic heterocycles. The lowest BCUT2D eigenvalue weighted by Gasteiger charge is -2.06. The average molecular weight is 293 g/mol. The van der Waals surface area contributed by atoms with Crippen LogP contribution in [-0.4, -0.2) is 11.7 Å². The van der Waals surface area contributed by atoms with E-state index in [4.69, 9.17) is 4.74 Å². The number of nitrogens with zero attached hydrogens (tertiary/aromatic N) is 1. The third-order valence-corrected chi connectivity index (χ3v) is 3.31. The molecule has 22 heavy (non-hydrogen) atoms. The second kappa shape index (κ2) is 6.26. The number of oxime groups is 1. The second-order valence-electron chi connectivity index (χ2n) is 4.96. The molecule has 4 heteroatoms. The number of carbonyl (C=O) groups excluding carboxylic acids is 1. The molecule has 2 aromatic carbocycles. The lowest BCUT2D eigenvalue weighted by Crippen LogP contribution is -2.01. The predicted molar refractivity (Wildman–Crippen MR) is 84.4 cm³/mol. The molecule has 1 aliphatic rings. The van der Waals surface area contributed by atoms with Crippen LogP contribution < -0.4 is 4.74 Å². The molecule has 0 spiro atoms. The molecule has 0 radical (unpaired) electrons. The topological polar surface area (TPSA) is 47.9 Å². The smallest absolute Gasteiger partial charge is 0.367 e. The van der Waals surface area contributed by atoms with Crippen LogP contribution in [-0.2, 0) is 16.2 Å². The monoisotopic (exact) mass is 293 g/mol. The summed E-state index contributed by atoms with van der Waals surface area (Å²) in [5, 5.41) is 3.65. The van der Waals surface area contributed by atoms with Gasteiger partial charge in [-0.05, 0) is 36.3 Å². The quantitative estimate of drug-likeness (QED) is 0.639.